The summed E-state index contributed by atoms with van der Waals surface area (Å²) in [6.07, 6.45) is -2.68. The first-order chi connectivity index (χ1) is 11.9. The van der Waals surface area contributed by atoms with E-state index in [2.05, 4.69) is 10.3 Å². The zero-order chi connectivity index (χ0) is 18.0. The molecular formula is C16H14F3N3O2S. The van der Waals surface area contributed by atoms with Crippen molar-refractivity contribution in [2.75, 3.05) is 20.3 Å². The van der Waals surface area contributed by atoms with Crippen LogP contribution in [0.25, 0.3) is 16.2 Å². The molecule has 0 aliphatic heterocycles. The molecule has 0 atom stereocenters. The maximum absolute atomic E-state index is 12.8. The Hall–Kier alpha value is -2.39. The molecule has 1 N–H and O–H groups in total. The Balaban J connectivity index is 2.01. The van der Waals surface area contributed by atoms with Crippen molar-refractivity contribution >= 4 is 22.2 Å². The molecule has 0 aliphatic carbocycles. The number of rotatable bonds is 5. The number of benzene rings is 1. The predicted octanol–water partition coefficient (Wildman–Crippen LogP) is 3.46. The third-order valence-electron chi connectivity index (χ3n) is 3.55. The monoisotopic (exact) mass is 369 g/mol. The molecule has 3 aromatic rings. The maximum atomic E-state index is 12.8. The first kappa shape index (κ1) is 17.4. The second kappa shape index (κ2) is 6.85. The van der Waals surface area contributed by atoms with E-state index in [1.807, 2.05) is 0 Å². The highest BCUT2D eigenvalue weighted by Crippen LogP contribution is 2.32. The Morgan fingerprint density at radius 1 is 1.32 bits per heavy atom. The van der Waals surface area contributed by atoms with Gasteiger partial charge in [-0.15, -0.1) is 11.3 Å². The quantitative estimate of drug-likeness (QED) is 0.701. The van der Waals surface area contributed by atoms with Gasteiger partial charge >= 0.3 is 6.18 Å². The fraction of sp³-hybridized carbons (Fsp3) is 0.250. The lowest BCUT2D eigenvalue weighted by molar-refractivity contribution is -0.137. The molecule has 9 heteroatoms. The van der Waals surface area contributed by atoms with Crippen molar-refractivity contribution in [3.63, 3.8) is 0 Å². The number of nitrogens with one attached hydrogen (secondary N) is 1. The molecular weight excluding hydrogens is 355 g/mol. The van der Waals surface area contributed by atoms with Crippen LogP contribution in [0.1, 0.15) is 16.1 Å². The topological polar surface area (TPSA) is 55.6 Å². The molecule has 0 saturated carbocycles. The highest BCUT2D eigenvalue weighted by atomic mass is 32.1. The van der Waals surface area contributed by atoms with E-state index in [1.54, 1.807) is 16.0 Å². The van der Waals surface area contributed by atoms with Gasteiger partial charge in [-0.05, 0) is 12.1 Å². The first-order valence-electron chi connectivity index (χ1n) is 7.32. The number of hydrogen-bond donors (Lipinski definition) is 1. The van der Waals surface area contributed by atoms with E-state index in [9.17, 15) is 18.0 Å². The average molecular weight is 369 g/mol. The van der Waals surface area contributed by atoms with E-state index < -0.39 is 17.6 Å². The van der Waals surface area contributed by atoms with Crippen LogP contribution in [0.5, 0.6) is 0 Å². The van der Waals surface area contributed by atoms with Gasteiger partial charge in [-0.2, -0.15) is 13.2 Å². The summed E-state index contributed by atoms with van der Waals surface area (Å²) in [4.78, 5) is 17.3. The summed E-state index contributed by atoms with van der Waals surface area (Å²) in [6, 6.07) is 4.67. The lowest BCUT2D eigenvalue weighted by Gasteiger charge is -2.09. The smallest absolute Gasteiger partial charge is 0.383 e. The van der Waals surface area contributed by atoms with Gasteiger partial charge in [-0.3, -0.25) is 9.20 Å². The number of methoxy groups -OCH3 is 1. The SMILES string of the molecule is COCCNC(=O)c1nc2sccn2c1-c1ccc(C(F)(F)F)cc1. The minimum absolute atomic E-state index is 0.169. The van der Waals surface area contributed by atoms with Crippen molar-refractivity contribution in [2.24, 2.45) is 0 Å². The second-order valence-electron chi connectivity index (χ2n) is 5.19. The first-order valence-corrected chi connectivity index (χ1v) is 8.20. The molecule has 2 heterocycles. The van der Waals surface area contributed by atoms with Crippen molar-refractivity contribution in [1.82, 2.24) is 14.7 Å². The molecule has 0 fully saturated rings. The van der Waals surface area contributed by atoms with E-state index in [1.165, 1.54) is 30.6 Å². The number of alkyl halides is 3. The molecule has 132 valence electrons. The van der Waals surface area contributed by atoms with Gasteiger partial charge < -0.3 is 10.1 Å². The van der Waals surface area contributed by atoms with Crippen molar-refractivity contribution in [2.45, 2.75) is 6.18 Å². The molecule has 3 rings (SSSR count). The molecule has 1 amide bonds. The van der Waals surface area contributed by atoms with Crippen molar-refractivity contribution in [1.29, 1.82) is 0 Å². The Kier molecular flexibility index (Phi) is 4.78. The lowest BCUT2D eigenvalue weighted by atomic mass is 10.1. The third kappa shape index (κ3) is 3.52. The highest BCUT2D eigenvalue weighted by molar-refractivity contribution is 7.15. The van der Waals surface area contributed by atoms with E-state index in [-0.39, 0.29) is 5.69 Å². The van der Waals surface area contributed by atoms with Crippen LogP contribution in [0.15, 0.2) is 35.8 Å². The summed E-state index contributed by atoms with van der Waals surface area (Å²) in [5.74, 6) is -0.400. The van der Waals surface area contributed by atoms with Crippen LogP contribution >= 0.6 is 11.3 Å². The minimum Gasteiger partial charge on any atom is -0.383 e. The van der Waals surface area contributed by atoms with Gasteiger partial charge in [0.2, 0.25) is 0 Å². The number of fused-ring (bicyclic) bond motifs is 1. The fourth-order valence-electron chi connectivity index (χ4n) is 2.39. The Morgan fingerprint density at radius 3 is 2.68 bits per heavy atom. The van der Waals surface area contributed by atoms with Crippen LogP contribution < -0.4 is 5.32 Å². The summed E-state index contributed by atoms with van der Waals surface area (Å²) >= 11 is 1.34. The Bertz CT molecular complexity index is 884. The molecule has 0 bridgehead atoms. The van der Waals surface area contributed by atoms with E-state index >= 15 is 0 Å². The number of carbonyl (C=O) groups excluding carboxylic acids is 1. The second-order valence-corrected chi connectivity index (χ2v) is 6.06. The van der Waals surface area contributed by atoms with Crippen molar-refractivity contribution in [3.8, 4) is 11.3 Å². The van der Waals surface area contributed by atoms with Crippen LogP contribution in [0, 0.1) is 0 Å². The predicted molar refractivity (Wildman–Crippen MR) is 87.7 cm³/mol. The summed E-state index contributed by atoms with van der Waals surface area (Å²) in [7, 11) is 1.52. The molecule has 0 saturated heterocycles. The molecule has 0 radical (unpaired) electrons. The number of halogens is 3. The summed E-state index contributed by atoms with van der Waals surface area (Å²) in [6.45, 7) is 0.663. The number of amides is 1. The van der Waals surface area contributed by atoms with Crippen molar-refractivity contribution in [3.05, 3.63) is 47.1 Å². The number of aromatic nitrogens is 2. The summed E-state index contributed by atoms with van der Waals surface area (Å²) in [5, 5.41) is 4.48. The van der Waals surface area contributed by atoms with Gasteiger partial charge in [-0.25, -0.2) is 4.98 Å². The van der Waals surface area contributed by atoms with Gasteiger partial charge in [0.05, 0.1) is 17.9 Å². The summed E-state index contributed by atoms with van der Waals surface area (Å²) in [5.41, 5.74) is 0.367. The molecule has 0 spiro atoms. The maximum Gasteiger partial charge on any atom is 0.416 e. The molecule has 25 heavy (non-hydrogen) atoms. The van der Waals surface area contributed by atoms with Gasteiger partial charge in [0.1, 0.15) is 0 Å². The number of carbonyl (C=O) groups is 1. The molecule has 2 aromatic heterocycles. The minimum atomic E-state index is -4.41. The van der Waals surface area contributed by atoms with Gasteiger partial charge in [0, 0.05) is 30.8 Å². The van der Waals surface area contributed by atoms with Gasteiger partial charge in [0.15, 0.2) is 10.7 Å². The van der Waals surface area contributed by atoms with Crippen LogP contribution in [0.2, 0.25) is 0 Å². The van der Waals surface area contributed by atoms with Gasteiger partial charge in [-0.1, -0.05) is 12.1 Å². The molecule has 1 aromatic carbocycles. The molecule has 0 aliphatic rings. The highest BCUT2D eigenvalue weighted by Gasteiger charge is 2.30. The van der Waals surface area contributed by atoms with E-state index in [0.717, 1.165) is 12.1 Å². The average Bonchev–Trinajstić information content (AvgIpc) is 3.15. The number of hydrogen-bond acceptors (Lipinski definition) is 4. The Labute approximate surface area is 145 Å². The van der Waals surface area contributed by atoms with Crippen LogP contribution in [0.4, 0.5) is 13.2 Å². The Morgan fingerprint density at radius 2 is 2.04 bits per heavy atom. The van der Waals surface area contributed by atoms with E-state index in [4.69, 9.17) is 4.74 Å². The van der Waals surface area contributed by atoms with Crippen LogP contribution in [-0.2, 0) is 10.9 Å². The molecule has 0 unspecified atom stereocenters. The normalized spacial score (nSPS) is 11.8. The fourth-order valence-corrected chi connectivity index (χ4v) is 3.10. The number of nitrogens with zero attached hydrogens (tertiary/aromatic N) is 2. The zero-order valence-electron chi connectivity index (χ0n) is 13.1. The lowest BCUT2D eigenvalue weighted by Crippen LogP contribution is -2.27. The number of ether oxygens (including phenoxy) is 1. The summed E-state index contributed by atoms with van der Waals surface area (Å²) < 4.78 is 44.8. The van der Waals surface area contributed by atoms with Crippen LogP contribution in [0.3, 0.4) is 0 Å². The third-order valence-corrected chi connectivity index (χ3v) is 4.31. The van der Waals surface area contributed by atoms with Crippen LogP contribution in [-0.4, -0.2) is 35.6 Å². The largest absolute Gasteiger partial charge is 0.416 e. The van der Waals surface area contributed by atoms with Gasteiger partial charge in [0.25, 0.3) is 5.91 Å². The van der Waals surface area contributed by atoms with Crippen molar-refractivity contribution < 1.29 is 22.7 Å². The standard InChI is InChI=1S/C16H14F3N3O2S/c1-24-8-6-20-14(23)12-13(22-7-9-25-15(22)21-12)10-2-4-11(5-3-10)16(17,18)19/h2-5,7,9H,6,8H2,1H3,(H,20,23). The molecule has 5 nitrogen and oxygen atoms in total. The zero-order valence-corrected chi connectivity index (χ0v) is 13.9. The number of imidazole rings is 1. The van der Waals surface area contributed by atoms with E-state index in [0.29, 0.717) is 29.4 Å². The number of thiazole rings is 1.